The van der Waals surface area contributed by atoms with Gasteiger partial charge in [-0.3, -0.25) is 9.80 Å². The number of piperazine rings is 1. The quantitative estimate of drug-likeness (QED) is 0.100. The van der Waals surface area contributed by atoms with Crippen LogP contribution in [0.1, 0.15) is 52.9 Å². The number of carbonyl (C=O) groups excluding carboxylic acids is 1. The summed E-state index contributed by atoms with van der Waals surface area (Å²) in [6, 6.07) is 6.50. The fourth-order valence-corrected chi connectivity index (χ4v) is 9.13. The van der Waals surface area contributed by atoms with Gasteiger partial charge in [0.2, 0.25) is 0 Å². The Kier molecular flexibility index (Phi) is 9.45. The molecule has 2 bridgehead atoms. The van der Waals surface area contributed by atoms with Crippen molar-refractivity contribution in [2.24, 2.45) is 0 Å². The van der Waals surface area contributed by atoms with Crippen LogP contribution in [-0.2, 0) is 9.47 Å². The average molecular weight is 772 g/mol. The molecule has 4 atom stereocenters. The van der Waals surface area contributed by atoms with Gasteiger partial charge in [-0.25, -0.2) is 22.4 Å². The van der Waals surface area contributed by atoms with E-state index in [0.717, 1.165) is 13.0 Å². The number of fused-ring (bicyclic) bond motifs is 5. The lowest BCUT2D eigenvalue weighted by Gasteiger charge is -2.42. The van der Waals surface area contributed by atoms with E-state index in [-0.39, 0.29) is 78.9 Å². The van der Waals surface area contributed by atoms with Crippen LogP contribution in [0.25, 0.3) is 32.8 Å². The van der Waals surface area contributed by atoms with Crippen LogP contribution < -0.4 is 14.4 Å². The number of benzene rings is 3. The van der Waals surface area contributed by atoms with Gasteiger partial charge in [0, 0.05) is 49.7 Å². The minimum atomic E-state index is -1.01. The van der Waals surface area contributed by atoms with Gasteiger partial charge in [-0.05, 0) is 76.6 Å². The molecule has 4 saturated heterocycles. The summed E-state index contributed by atoms with van der Waals surface area (Å²) in [5.41, 5.74) is -2.15. The van der Waals surface area contributed by atoms with Gasteiger partial charge in [0.15, 0.2) is 18.4 Å². The number of amides is 1. The first-order valence-electron chi connectivity index (χ1n) is 18.3. The topological polar surface area (TPSA) is 89.5 Å². The van der Waals surface area contributed by atoms with Crippen molar-refractivity contribution in [3.8, 4) is 22.9 Å². The molecule has 5 heterocycles. The maximum Gasteiger partial charge on any atom is 0.410 e. The predicted octanol–water partition coefficient (Wildman–Crippen LogP) is 8.05. The summed E-state index contributed by atoms with van der Waals surface area (Å²) in [5.74, 6) is -2.43. The predicted molar refractivity (Wildman–Crippen MR) is 196 cm³/mol. The van der Waals surface area contributed by atoms with E-state index in [1.54, 1.807) is 42.7 Å². The van der Waals surface area contributed by atoms with Crippen molar-refractivity contribution in [3.05, 3.63) is 52.8 Å². The zero-order valence-electron chi connectivity index (χ0n) is 30.6. The third-order valence-corrected chi connectivity index (χ3v) is 11.4. The Hall–Kier alpha value is -4.14. The molecule has 8 rings (SSSR count). The van der Waals surface area contributed by atoms with Crippen LogP contribution in [0, 0.1) is 17.5 Å². The molecule has 4 aromatic rings. The molecule has 54 heavy (non-hydrogen) atoms. The Morgan fingerprint density at radius 1 is 1.02 bits per heavy atom. The second-order valence-electron chi connectivity index (χ2n) is 15.8. The molecule has 4 aliphatic rings. The molecule has 3 aromatic carbocycles. The number of anilines is 1. The molecular weight excluding hydrogens is 730 g/mol. The number of methoxy groups -OCH3 is 1. The van der Waals surface area contributed by atoms with E-state index >= 15 is 13.2 Å². The first kappa shape index (κ1) is 36.8. The van der Waals surface area contributed by atoms with Gasteiger partial charge in [-0.15, -0.1) is 0 Å². The van der Waals surface area contributed by atoms with Gasteiger partial charge in [0.1, 0.15) is 41.3 Å². The van der Waals surface area contributed by atoms with E-state index in [4.69, 9.17) is 30.5 Å². The molecule has 15 heteroatoms. The van der Waals surface area contributed by atoms with Crippen LogP contribution in [0.15, 0.2) is 30.3 Å². The van der Waals surface area contributed by atoms with Gasteiger partial charge < -0.3 is 23.8 Å². The number of hydrogen-bond acceptors (Lipinski definition) is 9. The Morgan fingerprint density at radius 3 is 2.50 bits per heavy atom. The SMILES string of the molecule is COCOc1cc(-c2c(Cl)c(F)c3c(N4CC5CCC(C4)N5C(=O)OC(C)(C)C)nc(OC[C@@]45CCCN4C[C@H](F)C5)nc3c2F)c2c(F)cccc2c1. The Morgan fingerprint density at radius 2 is 1.78 bits per heavy atom. The van der Waals surface area contributed by atoms with Crippen LogP contribution in [0.3, 0.4) is 0 Å². The molecule has 288 valence electrons. The van der Waals surface area contributed by atoms with Gasteiger partial charge >= 0.3 is 12.1 Å². The van der Waals surface area contributed by atoms with Gasteiger partial charge in [0.25, 0.3) is 0 Å². The summed E-state index contributed by atoms with van der Waals surface area (Å²) < 4.78 is 87.2. The van der Waals surface area contributed by atoms with E-state index in [9.17, 15) is 9.18 Å². The molecule has 0 radical (unpaired) electrons. The van der Waals surface area contributed by atoms with E-state index in [1.807, 2.05) is 0 Å². The van der Waals surface area contributed by atoms with Crippen molar-refractivity contribution < 1.29 is 41.3 Å². The Bertz CT molecular complexity index is 2120. The van der Waals surface area contributed by atoms with Crippen molar-refractivity contribution in [2.75, 3.05) is 51.6 Å². The summed E-state index contributed by atoms with van der Waals surface area (Å²) in [7, 11) is 1.43. The normalized spacial score (nSPS) is 24.1. The fourth-order valence-electron chi connectivity index (χ4n) is 8.85. The van der Waals surface area contributed by atoms with Gasteiger partial charge in [0.05, 0.1) is 28.0 Å². The lowest BCUT2D eigenvalue weighted by Crippen LogP contribution is -2.57. The number of alkyl halides is 1. The van der Waals surface area contributed by atoms with E-state index in [0.29, 0.717) is 31.2 Å². The number of carbonyl (C=O) groups is 1. The molecule has 1 amide bonds. The molecule has 1 aromatic heterocycles. The Balaban J connectivity index is 1.27. The van der Waals surface area contributed by atoms with Crippen LogP contribution in [0.2, 0.25) is 5.02 Å². The second-order valence-corrected chi connectivity index (χ2v) is 16.1. The molecule has 0 spiro atoms. The number of ether oxygens (including phenoxy) is 4. The van der Waals surface area contributed by atoms with Crippen LogP contribution in [0.4, 0.5) is 28.2 Å². The second kappa shape index (κ2) is 13.9. The summed E-state index contributed by atoms with van der Waals surface area (Å²) in [6.07, 6.45) is 1.79. The molecule has 2 unspecified atom stereocenters. The van der Waals surface area contributed by atoms with Crippen molar-refractivity contribution in [3.63, 3.8) is 0 Å². The van der Waals surface area contributed by atoms with Crippen molar-refractivity contribution >= 4 is 45.2 Å². The van der Waals surface area contributed by atoms with Gasteiger partial charge in [-0.1, -0.05) is 23.7 Å². The zero-order valence-corrected chi connectivity index (χ0v) is 31.3. The summed E-state index contributed by atoms with van der Waals surface area (Å²) in [4.78, 5) is 28.0. The third-order valence-electron chi connectivity index (χ3n) is 11.1. The van der Waals surface area contributed by atoms with Crippen LogP contribution in [-0.4, -0.2) is 102 Å². The highest BCUT2D eigenvalue weighted by molar-refractivity contribution is 6.35. The molecule has 4 aliphatic heterocycles. The zero-order chi connectivity index (χ0) is 38.1. The maximum atomic E-state index is 17.3. The van der Waals surface area contributed by atoms with Crippen molar-refractivity contribution in [1.82, 2.24) is 19.8 Å². The summed E-state index contributed by atoms with van der Waals surface area (Å²) in [6.45, 7) is 6.84. The van der Waals surface area contributed by atoms with E-state index < -0.39 is 57.0 Å². The standard InChI is InChI=1S/C39H42ClF4N5O5/c1-38(2,3)54-37(50)49-23-9-10-24(49)18-47(17-23)35-30-32(43)31(40)29(26-14-25(53-20-51-4)13-21-7-5-8-27(42)28(21)26)33(44)34(30)45-36(46-35)52-19-39-11-6-12-48(39)16-22(41)15-39/h5,7-8,13-14,22-24H,6,9-12,15-20H2,1-4H3/t22-,23?,24?,39+/m1/s1. The number of halogens is 5. The van der Waals surface area contributed by atoms with E-state index in [2.05, 4.69) is 14.9 Å². The molecule has 0 saturated carbocycles. The van der Waals surface area contributed by atoms with E-state index in [1.165, 1.54) is 25.3 Å². The first-order valence-corrected chi connectivity index (χ1v) is 18.7. The summed E-state index contributed by atoms with van der Waals surface area (Å²) in [5, 5.41) is -0.503. The highest BCUT2D eigenvalue weighted by atomic mass is 35.5. The minimum Gasteiger partial charge on any atom is -0.468 e. The lowest BCUT2D eigenvalue weighted by atomic mass is 9.95. The molecular formula is C39H42ClF4N5O5. The number of aromatic nitrogens is 2. The lowest BCUT2D eigenvalue weighted by molar-refractivity contribution is 0.0122. The average Bonchev–Trinajstić information content (AvgIpc) is 3.74. The Labute approximate surface area is 315 Å². The van der Waals surface area contributed by atoms with Gasteiger partial charge in [-0.2, -0.15) is 9.97 Å². The third kappa shape index (κ3) is 6.43. The number of nitrogens with zero attached hydrogens (tertiary/aromatic N) is 5. The monoisotopic (exact) mass is 771 g/mol. The number of hydrogen-bond donors (Lipinski definition) is 0. The molecule has 4 fully saturated rings. The highest BCUT2D eigenvalue weighted by Gasteiger charge is 2.50. The highest BCUT2D eigenvalue weighted by Crippen LogP contribution is 2.47. The van der Waals surface area contributed by atoms with Crippen molar-refractivity contribution in [2.45, 2.75) is 82.3 Å². The smallest absolute Gasteiger partial charge is 0.410 e. The molecule has 0 N–H and O–H groups in total. The van der Waals surface area contributed by atoms with Crippen molar-refractivity contribution in [1.29, 1.82) is 0 Å². The minimum absolute atomic E-state index is 0.00449. The summed E-state index contributed by atoms with van der Waals surface area (Å²) >= 11 is 6.77. The largest absolute Gasteiger partial charge is 0.468 e. The molecule has 0 aliphatic carbocycles. The number of rotatable bonds is 8. The maximum absolute atomic E-state index is 17.3. The van der Waals surface area contributed by atoms with Crippen LogP contribution in [0.5, 0.6) is 11.8 Å². The fraction of sp³-hybridized carbons (Fsp3) is 0.513. The van der Waals surface area contributed by atoms with Crippen LogP contribution >= 0.6 is 11.6 Å². The first-order chi connectivity index (χ1) is 25.8. The molecule has 10 nitrogen and oxygen atoms in total.